The molecule has 1 heterocycles. The van der Waals surface area contributed by atoms with Gasteiger partial charge >= 0.3 is 12.1 Å². The quantitative estimate of drug-likeness (QED) is 0.623. The maximum atomic E-state index is 12.4. The Morgan fingerprint density at radius 1 is 1.21 bits per heavy atom. The zero-order valence-electron chi connectivity index (χ0n) is 11.5. The van der Waals surface area contributed by atoms with Crippen LogP contribution in [0.3, 0.4) is 0 Å². The number of ether oxygens (including phenoxy) is 1. The molecule has 5 nitrogen and oxygen atoms in total. The number of carbonyl (C=O) groups is 2. The topological polar surface area (TPSA) is 68.3 Å². The average Bonchev–Trinajstić information content (AvgIpc) is 2.86. The fourth-order valence-electron chi connectivity index (χ4n) is 1.53. The van der Waals surface area contributed by atoms with E-state index >= 15 is 0 Å². The maximum Gasteiger partial charge on any atom is 0.416 e. The summed E-state index contributed by atoms with van der Waals surface area (Å²) in [4.78, 5) is 23.5. The fourth-order valence-corrected chi connectivity index (χ4v) is 2.66. The van der Waals surface area contributed by atoms with E-state index in [0.29, 0.717) is 0 Å². The lowest BCUT2D eigenvalue weighted by Gasteiger charge is -2.08. The van der Waals surface area contributed by atoms with Gasteiger partial charge in [0.1, 0.15) is 9.90 Å². The molecule has 0 atom stereocenters. The lowest BCUT2D eigenvalue weighted by Crippen LogP contribution is -2.27. The highest BCUT2D eigenvalue weighted by Gasteiger charge is 2.30. The number of aromatic nitrogens is 1. The van der Waals surface area contributed by atoms with Crippen molar-refractivity contribution in [2.24, 2.45) is 0 Å². The van der Waals surface area contributed by atoms with Crippen molar-refractivity contribution in [2.45, 2.75) is 6.18 Å². The molecule has 0 radical (unpaired) electrons. The van der Waals surface area contributed by atoms with Crippen molar-refractivity contribution in [3.8, 4) is 0 Å². The molecule has 1 N–H and O–H groups in total. The first kappa shape index (κ1) is 18.5. The largest absolute Gasteiger partial charge is 0.441 e. The van der Waals surface area contributed by atoms with Gasteiger partial charge in [-0.25, -0.2) is 4.79 Å². The lowest BCUT2D eigenvalue weighted by atomic mass is 10.1. The van der Waals surface area contributed by atoms with E-state index < -0.39 is 30.3 Å². The van der Waals surface area contributed by atoms with E-state index in [1.54, 1.807) is 0 Å². The predicted octanol–water partition coefficient (Wildman–Crippen LogP) is 4.01. The summed E-state index contributed by atoms with van der Waals surface area (Å²) in [7, 11) is 0. The van der Waals surface area contributed by atoms with Gasteiger partial charge in [0.2, 0.25) is 0 Å². The highest BCUT2D eigenvalue weighted by atomic mass is 35.5. The second-order valence-corrected chi connectivity index (χ2v) is 5.78. The monoisotopic (exact) mass is 398 g/mol. The number of nitrogens with one attached hydrogen (secondary N) is 1. The van der Waals surface area contributed by atoms with Crippen molar-refractivity contribution in [1.82, 2.24) is 9.69 Å². The molecule has 1 aromatic heterocycles. The average molecular weight is 399 g/mol. The Kier molecular flexibility index (Phi) is 5.68. The summed E-state index contributed by atoms with van der Waals surface area (Å²) in [6, 6.07) is 3.47. The third-order valence-electron chi connectivity index (χ3n) is 2.69. The molecule has 0 spiro atoms. The van der Waals surface area contributed by atoms with Crippen LogP contribution in [-0.2, 0) is 10.9 Å². The Labute approximate surface area is 147 Å². The van der Waals surface area contributed by atoms with E-state index in [0.717, 1.165) is 35.8 Å². The summed E-state index contributed by atoms with van der Waals surface area (Å²) in [5.41, 5.74) is -0.972. The van der Waals surface area contributed by atoms with Gasteiger partial charge in [-0.15, -0.1) is 0 Å². The van der Waals surface area contributed by atoms with E-state index in [2.05, 4.69) is 9.69 Å². The van der Waals surface area contributed by atoms with Crippen LogP contribution in [0.25, 0.3) is 0 Å². The van der Waals surface area contributed by atoms with E-state index in [1.807, 2.05) is 0 Å². The molecule has 11 heteroatoms. The molecule has 0 saturated carbocycles. The number of halogens is 5. The van der Waals surface area contributed by atoms with Crippen LogP contribution in [-0.4, -0.2) is 23.0 Å². The number of hydrogen-bond donors (Lipinski definition) is 1. The van der Waals surface area contributed by atoms with Gasteiger partial charge < -0.3 is 10.1 Å². The molecule has 1 aromatic carbocycles. The number of benzene rings is 1. The molecule has 24 heavy (non-hydrogen) atoms. The minimum absolute atomic E-state index is 0.0198. The van der Waals surface area contributed by atoms with Gasteiger partial charge in [-0.05, 0) is 35.8 Å². The molecule has 0 aliphatic rings. The number of hydrogen-bond acceptors (Lipinski definition) is 5. The summed E-state index contributed by atoms with van der Waals surface area (Å²) in [5.74, 6) is -1.54. The van der Waals surface area contributed by atoms with Crippen molar-refractivity contribution in [2.75, 3.05) is 6.73 Å². The van der Waals surface area contributed by atoms with Crippen molar-refractivity contribution in [3.05, 3.63) is 50.4 Å². The van der Waals surface area contributed by atoms with Crippen LogP contribution in [0.4, 0.5) is 13.2 Å². The molecule has 128 valence electrons. The van der Waals surface area contributed by atoms with Crippen molar-refractivity contribution >= 4 is 46.6 Å². The number of carbonyl (C=O) groups excluding carboxylic acids is 2. The van der Waals surface area contributed by atoms with Crippen LogP contribution in [0.1, 0.15) is 25.6 Å². The normalized spacial score (nSPS) is 11.2. The van der Waals surface area contributed by atoms with E-state index in [-0.39, 0.29) is 20.6 Å². The SMILES string of the molecule is O=C(OCNC(=O)c1snc(Cl)c1Cl)c1ccc(C(F)(F)F)cc1. The Hall–Kier alpha value is -1.84. The van der Waals surface area contributed by atoms with Gasteiger partial charge in [-0.2, -0.15) is 17.5 Å². The Balaban J connectivity index is 1.89. The molecule has 0 bridgehead atoms. The summed E-state index contributed by atoms with van der Waals surface area (Å²) in [5, 5.41) is 2.21. The van der Waals surface area contributed by atoms with Crippen LogP contribution in [0.5, 0.6) is 0 Å². The second-order valence-electron chi connectivity index (χ2n) is 4.27. The number of rotatable bonds is 4. The Bertz CT molecular complexity index is 763. The number of nitrogens with zero attached hydrogens (tertiary/aromatic N) is 1. The van der Waals surface area contributed by atoms with Gasteiger partial charge in [0.25, 0.3) is 5.91 Å². The first-order valence-electron chi connectivity index (χ1n) is 6.13. The summed E-state index contributed by atoms with van der Waals surface area (Å²) in [6.07, 6.45) is -4.49. The molecule has 2 aromatic rings. The van der Waals surface area contributed by atoms with Gasteiger partial charge in [0, 0.05) is 0 Å². The number of esters is 1. The zero-order valence-corrected chi connectivity index (χ0v) is 13.8. The van der Waals surface area contributed by atoms with Crippen molar-refractivity contribution in [1.29, 1.82) is 0 Å². The lowest BCUT2D eigenvalue weighted by molar-refractivity contribution is -0.137. The highest BCUT2D eigenvalue weighted by Crippen LogP contribution is 2.29. The molecule has 1 amide bonds. The Morgan fingerprint density at radius 2 is 1.83 bits per heavy atom. The summed E-state index contributed by atoms with van der Waals surface area (Å²) < 4.78 is 45.7. The first-order valence-corrected chi connectivity index (χ1v) is 7.66. The molecule has 0 unspecified atom stereocenters. The van der Waals surface area contributed by atoms with E-state index in [9.17, 15) is 22.8 Å². The van der Waals surface area contributed by atoms with Crippen LogP contribution in [0, 0.1) is 0 Å². The van der Waals surface area contributed by atoms with E-state index in [4.69, 9.17) is 27.9 Å². The third kappa shape index (κ3) is 4.37. The van der Waals surface area contributed by atoms with E-state index in [1.165, 1.54) is 0 Å². The summed E-state index contributed by atoms with van der Waals surface area (Å²) >= 11 is 12.1. The van der Waals surface area contributed by atoms with Gasteiger partial charge in [0.15, 0.2) is 11.9 Å². The molecule has 0 fully saturated rings. The summed E-state index contributed by atoms with van der Waals surface area (Å²) in [6.45, 7) is -0.495. The van der Waals surface area contributed by atoms with Gasteiger partial charge in [-0.1, -0.05) is 23.2 Å². The first-order chi connectivity index (χ1) is 11.2. The molecule has 2 rings (SSSR count). The molecule has 0 aliphatic carbocycles. The van der Waals surface area contributed by atoms with Crippen molar-refractivity contribution < 1.29 is 27.5 Å². The fraction of sp³-hybridized carbons (Fsp3) is 0.154. The molecule has 0 saturated heterocycles. The van der Waals surface area contributed by atoms with Gasteiger partial charge in [0.05, 0.1) is 11.1 Å². The smallest absolute Gasteiger partial charge is 0.416 e. The molecule has 0 aliphatic heterocycles. The number of amides is 1. The minimum Gasteiger partial charge on any atom is -0.441 e. The second kappa shape index (κ2) is 7.37. The predicted molar refractivity (Wildman–Crippen MR) is 81.3 cm³/mol. The number of alkyl halides is 3. The standard InChI is InChI=1S/C13H7Cl2F3N2O3S/c14-8-9(24-20-10(8)15)11(21)19-5-23-12(22)6-1-3-7(4-2-6)13(16,17)18/h1-4H,5H2,(H,19,21). The van der Waals surface area contributed by atoms with Crippen LogP contribution >= 0.6 is 34.7 Å². The molecular formula is C13H7Cl2F3N2O3S. The van der Waals surface area contributed by atoms with Crippen molar-refractivity contribution in [3.63, 3.8) is 0 Å². The zero-order chi connectivity index (χ0) is 17.9. The van der Waals surface area contributed by atoms with Gasteiger partial charge in [-0.3, -0.25) is 4.79 Å². The van der Waals surface area contributed by atoms with Crippen LogP contribution < -0.4 is 5.32 Å². The van der Waals surface area contributed by atoms with Crippen LogP contribution in [0.15, 0.2) is 24.3 Å². The molecular weight excluding hydrogens is 392 g/mol. The highest BCUT2D eigenvalue weighted by molar-refractivity contribution is 7.09. The minimum atomic E-state index is -4.49. The van der Waals surface area contributed by atoms with Crippen LogP contribution in [0.2, 0.25) is 10.2 Å². The maximum absolute atomic E-state index is 12.4. The third-order valence-corrected chi connectivity index (χ3v) is 4.48. The Morgan fingerprint density at radius 3 is 2.33 bits per heavy atom.